The molecule has 2 heterocycles. The van der Waals surface area contributed by atoms with Crippen molar-refractivity contribution in [3.63, 3.8) is 0 Å². The fourth-order valence-electron chi connectivity index (χ4n) is 2.84. The van der Waals surface area contributed by atoms with Crippen LogP contribution in [-0.4, -0.2) is 28.5 Å². The van der Waals surface area contributed by atoms with Crippen LogP contribution in [0.25, 0.3) is 0 Å². The van der Waals surface area contributed by atoms with Gasteiger partial charge in [-0.1, -0.05) is 0 Å². The molecule has 1 aromatic heterocycles. The van der Waals surface area contributed by atoms with Gasteiger partial charge in [0.15, 0.2) is 0 Å². The molecule has 6 heteroatoms. The normalized spacial score (nSPS) is 16.9. The number of benzene rings is 1. The van der Waals surface area contributed by atoms with E-state index in [0.29, 0.717) is 18.5 Å². The van der Waals surface area contributed by atoms with Gasteiger partial charge in [0.25, 0.3) is 5.91 Å². The van der Waals surface area contributed by atoms with E-state index in [0.717, 1.165) is 34.9 Å². The predicted molar refractivity (Wildman–Crippen MR) is 92.0 cm³/mol. The Kier molecular flexibility index (Phi) is 4.06. The number of carbonyl (C=O) groups excluding carboxylic acids is 2. The smallest absolute Gasteiger partial charge is 0.254 e. The van der Waals surface area contributed by atoms with Gasteiger partial charge in [-0.3, -0.25) is 9.59 Å². The first kappa shape index (κ1) is 15.3. The van der Waals surface area contributed by atoms with Crippen LogP contribution in [-0.2, 0) is 11.3 Å². The molecule has 0 spiro atoms. The number of thioether (sulfide) groups is 1. The molecule has 1 aromatic carbocycles. The second-order valence-corrected chi connectivity index (χ2v) is 7.24. The van der Waals surface area contributed by atoms with Crippen LogP contribution in [0.2, 0.25) is 0 Å². The van der Waals surface area contributed by atoms with E-state index in [1.807, 2.05) is 29.2 Å². The first-order chi connectivity index (χ1) is 11.7. The number of fused-ring (bicyclic) bond motifs is 1. The number of rotatable bonds is 4. The molecule has 124 valence electrons. The van der Waals surface area contributed by atoms with Gasteiger partial charge < -0.3 is 14.6 Å². The molecule has 1 N–H and O–H groups in total. The molecule has 1 saturated carbocycles. The number of carbonyl (C=O) groups is 2. The Hall–Kier alpha value is -2.21. The maximum absolute atomic E-state index is 13.0. The van der Waals surface area contributed by atoms with E-state index in [2.05, 4.69) is 5.32 Å². The molecular formula is C18H18N2O3S. The summed E-state index contributed by atoms with van der Waals surface area (Å²) >= 11 is 1.64. The lowest BCUT2D eigenvalue weighted by molar-refractivity contribution is -0.115. The SMILES string of the molecule is O=C1CCSc2ccc(C(=O)N(Cc3ccco3)C3CC3)cc2N1. The van der Waals surface area contributed by atoms with Gasteiger partial charge in [0.1, 0.15) is 5.76 Å². The molecule has 1 fully saturated rings. The summed E-state index contributed by atoms with van der Waals surface area (Å²) in [5.41, 5.74) is 1.34. The minimum Gasteiger partial charge on any atom is -0.467 e. The van der Waals surface area contributed by atoms with Crippen LogP contribution in [0.15, 0.2) is 45.9 Å². The van der Waals surface area contributed by atoms with Crippen molar-refractivity contribution in [2.45, 2.75) is 36.7 Å². The van der Waals surface area contributed by atoms with E-state index in [-0.39, 0.29) is 17.9 Å². The number of nitrogens with zero attached hydrogens (tertiary/aromatic N) is 1. The lowest BCUT2D eigenvalue weighted by Gasteiger charge is -2.22. The first-order valence-electron chi connectivity index (χ1n) is 8.11. The van der Waals surface area contributed by atoms with Gasteiger partial charge in [-0.05, 0) is 43.2 Å². The van der Waals surface area contributed by atoms with Crippen molar-refractivity contribution < 1.29 is 14.0 Å². The van der Waals surface area contributed by atoms with Crippen molar-refractivity contribution in [3.05, 3.63) is 47.9 Å². The van der Waals surface area contributed by atoms with Gasteiger partial charge in [-0.25, -0.2) is 0 Å². The molecule has 2 aliphatic rings. The topological polar surface area (TPSA) is 62.6 Å². The summed E-state index contributed by atoms with van der Waals surface area (Å²) < 4.78 is 5.39. The molecule has 0 atom stereocenters. The summed E-state index contributed by atoms with van der Waals surface area (Å²) in [4.78, 5) is 27.6. The van der Waals surface area contributed by atoms with Crippen molar-refractivity contribution >= 4 is 29.3 Å². The first-order valence-corrected chi connectivity index (χ1v) is 9.09. The standard InChI is InChI=1S/C18H18N2O3S/c21-17-7-9-24-16-6-3-12(10-15(16)19-17)18(22)20(13-4-5-13)11-14-2-1-8-23-14/h1-3,6,8,10,13H,4-5,7,9,11H2,(H,19,21). The minimum atomic E-state index is -0.0137. The molecular weight excluding hydrogens is 324 g/mol. The highest BCUT2D eigenvalue weighted by molar-refractivity contribution is 7.99. The Morgan fingerprint density at radius 2 is 2.21 bits per heavy atom. The van der Waals surface area contributed by atoms with E-state index >= 15 is 0 Å². The zero-order valence-electron chi connectivity index (χ0n) is 13.2. The van der Waals surface area contributed by atoms with Crippen LogP contribution in [0.4, 0.5) is 5.69 Å². The predicted octanol–water partition coefficient (Wildman–Crippen LogP) is 3.52. The Morgan fingerprint density at radius 3 is 2.96 bits per heavy atom. The van der Waals surface area contributed by atoms with Gasteiger partial charge in [0, 0.05) is 28.7 Å². The third-order valence-electron chi connectivity index (χ3n) is 4.24. The van der Waals surface area contributed by atoms with E-state index in [1.54, 1.807) is 24.1 Å². The molecule has 1 aliphatic heterocycles. The maximum atomic E-state index is 13.0. The highest BCUT2D eigenvalue weighted by atomic mass is 32.2. The van der Waals surface area contributed by atoms with Crippen LogP contribution < -0.4 is 5.32 Å². The molecule has 0 unspecified atom stereocenters. The summed E-state index contributed by atoms with van der Waals surface area (Å²) in [5, 5.41) is 2.90. The number of hydrogen-bond donors (Lipinski definition) is 1. The molecule has 1 aliphatic carbocycles. The number of furan rings is 1. The molecule has 0 bridgehead atoms. The van der Waals surface area contributed by atoms with E-state index in [1.165, 1.54) is 0 Å². The Balaban J connectivity index is 1.59. The fraction of sp³-hybridized carbons (Fsp3) is 0.333. The van der Waals surface area contributed by atoms with Gasteiger partial charge in [0.05, 0.1) is 18.5 Å². The third-order valence-corrected chi connectivity index (χ3v) is 5.32. The minimum absolute atomic E-state index is 0.000448. The molecule has 2 amide bonds. The molecule has 0 radical (unpaired) electrons. The monoisotopic (exact) mass is 342 g/mol. The van der Waals surface area contributed by atoms with Crippen LogP contribution in [0.5, 0.6) is 0 Å². The third kappa shape index (κ3) is 3.19. The second kappa shape index (κ2) is 6.36. The summed E-state index contributed by atoms with van der Waals surface area (Å²) in [6.45, 7) is 0.481. The van der Waals surface area contributed by atoms with Crippen molar-refractivity contribution in [3.8, 4) is 0 Å². The van der Waals surface area contributed by atoms with Crippen molar-refractivity contribution in [1.29, 1.82) is 0 Å². The number of amides is 2. The quantitative estimate of drug-likeness (QED) is 0.923. The maximum Gasteiger partial charge on any atom is 0.254 e. The lowest BCUT2D eigenvalue weighted by Crippen LogP contribution is -2.32. The van der Waals surface area contributed by atoms with Crippen LogP contribution in [0.3, 0.4) is 0 Å². The molecule has 2 aromatic rings. The molecule has 4 rings (SSSR count). The average Bonchev–Trinajstić information content (AvgIpc) is 3.32. The van der Waals surface area contributed by atoms with Crippen LogP contribution in [0, 0.1) is 0 Å². The Labute approximate surface area is 144 Å². The molecule has 24 heavy (non-hydrogen) atoms. The summed E-state index contributed by atoms with van der Waals surface area (Å²) in [6.07, 6.45) is 4.18. The zero-order chi connectivity index (χ0) is 16.5. The largest absolute Gasteiger partial charge is 0.467 e. The molecule has 5 nitrogen and oxygen atoms in total. The number of anilines is 1. The average molecular weight is 342 g/mol. The van der Waals surface area contributed by atoms with Gasteiger partial charge in [-0.2, -0.15) is 0 Å². The van der Waals surface area contributed by atoms with E-state index < -0.39 is 0 Å². The lowest BCUT2D eigenvalue weighted by atomic mass is 10.1. The van der Waals surface area contributed by atoms with Crippen LogP contribution in [0.1, 0.15) is 35.4 Å². The fourth-order valence-corrected chi connectivity index (χ4v) is 3.78. The van der Waals surface area contributed by atoms with Crippen molar-refractivity contribution in [2.75, 3.05) is 11.1 Å². The van der Waals surface area contributed by atoms with Crippen molar-refractivity contribution in [2.24, 2.45) is 0 Å². The van der Waals surface area contributed by atoms with E-state index in [4.69, 9.17) is 4.42 Å². The summed E-state index contributed by atoms with van der Waals surface area (Å²) in [6, 6.07) is 9.58. The second-order valence-electron chi connectivity index (χ2n) is 6.10. The highest BCUT2D eigenvalue weighted by Gasteiger charge is 2.34. The van der Waals surface area contributed by atoms with Gasteiger partial charge in [0.2, 0.25) is 5.91 Å². The Bertz CT molecular complexity index is 769. The van der Waals surface area contributed by atoms with Gasteiger partial charge >= 0.3 is 0 Å². The zero-order valence-corrected chi connectivity index (χ0v) is 14.0. The van der Waals surface area contributed by atoms with E-state index in [9.17, 15) is 9.59 Å². The van der Waals surface area contributed by atoms with Gasteiger partial charge in [-0.15, -0.1) is 11.8 Å². The number of nitrogens with one attached hydrogen (secondary N) is 1. The van der Waals surface area contributed by atoms with Crippen molar-refractivity contribution in [1.82, 2.24) is 4.90 Å². The highest BCUT2D eigenvalue weighted by Crippen LogP contribution is 2.34. The summed E-state index contributed by atoms with van der Waals surface area (Å²) in [7, 11) is 0. The summed E-state index contributed by atoms with van der Waals surface area (Å²) in [5.74, 6) is 1.54. The number of hydrogen-bond acceptors (Lipinski definition) is 4. The molecule has 0 saturated heterocycles. The van der Waals surface area contributed by atoms with Crippen LogP contribution >= 0.6 is 11.8 Å². The Morgan fingerprint density at radius 1 is 1.33 bits per heavy atom.